The van der Waals surface area contributed by atoms with Gasteiger partial charge in [-0.1, -0.05) is 6.42 Å². The maximum atomic E-state index is 13.4. The molecule has 1 aromatic rings. The van der Waals surface area contributed by atoms with Crippen LogP contribution in [0.1, 0.15) is 48.8 Å². The molecule has 1 aromatic carbocycles. The van der Waals surface area contributed by atoms with Crippen molar-refractivity contribution in [2.75, 3.05) is 20.2 Å². The monoisotopic (exact) mass is 367 g/mol. The second-order valence-electron chi connectivity index (χ2n) is 7.69. The smallest absolute Gasteiger partial charge is 0.243 e. The van der Waals surface area contributed by atoms with Gasteiger partial charge in [-0.25, -0.2) is 8.42 Å². The zero-order valence-electron chi connectivity index (χ0n) is 15.6. The molecule has 1 heterocycles. The van der Waals surface area contributed by atoms with Crippen molar-refractivity contribution < 1.29 is 18.3 Å². The lowest BCUT2D eigenvalue weighted by Gasteiger charge is -2.42. The average Bonchev–Trinajstić information content (AvgIpc) is 2.91. The number of benzene rings is 1. The summed E-state index contributed by atoms with van der Waals surface area (Å²) in [4.78, 5) is 0.398. The molecule has 6 heteroatoms. The minimum Gasteiger partial charge on any atom is -0.496 e. The lowest BCUT2D eigenvalue weighted by atomic mass is 9.77. The third-order valence-electron chi connectivity index (χ3n) is 6.23. The number of sulfonamides is 1. The van der Waals surface area contributed by atoms with Crippen LogP contribution in [0.25, 0.3) is 0 Å². The first-order valence-electron chi connectivity index (χ1n) is 9.06. The first kappa shape index (κ1) is 18.7. The molecule has 5 nitrogen and oxygen atoms in total. The summed E-state index contributed by atoms with van der Waals surface area (Å²) in [6.45, 7) is 6.53. The van der Waals surface area contributed by atoms with Crippen LogP contribution in [0.15, 0.2) is 11.0 Å². The predicted molar refractivity (Wildman–Crippen MR) is 97.5 cm³/mol. The van der Waals surface area contributed by atoms with E-state index >= 15 is 0 Å². The van der Waals surface area contributed by atoms with E-state index in [1.807, 2.05) is 20.8 Å². The molecule has 1 spiro atoms. The topological polar surface area (TPSA) is 66.8 Å². The summed E-state index contributed by atoms with van der Waals surface area (Å²) in [7, 11) is -1.99. The van der Waals surface area contributed by atoms with Gasteiger partial charge < -0.3 is 9.84 Å². The van der Waals surface area contributed by atoms with E-state index in [1.54, 1.807) is 17.5 Å². The molecule has 0 amide bonds. The lowest BCUT2D eigenvalue weighted by molar-refractivity contribution is 0.0127. The van der Waals surface area contributed by atoms with Crippen molar-refractivity contribution in [2.45, 2.75) is 63.9 Å². The van der Waals surface area contributed by atoms with Gasteiger partial charge in [-0.05, 0) is 69.2 Å². The predicted octanol–water partition coefficient (Wildman–Crippen LogP) is 2.94. The van der Waals surface area contributed by atoms with Gasteiger partial charge in [0.2, 0.25) is 10.0 Å². The fourth-order valence-electron chi connectivity index (χ4n) is 4.68. The van der Waals surface area contributed by atoms with E-state index in [-0.39, 0.29) is 11.5 Å². The number of rotatable bonds is 3. The number of hydrogen-bond donors (Lipinski definition) is 1. The Hall–Kier alpha value is -1.11. The second-order valence-corrected chi connectivity index (χ2v) is 9.56. The molecule has 1 N–H and O–H groups in total. The summed E-state index contributed by atoms with van der Waals surface area (Å²) in [5.41, 5.74) is 2.07. The summed E-state index contributed by atoms with van der Waals surface area (Å²) in [5.74, 6) is 0.718. The summed E-state index contributed by atoms with van der Waals surface area (Å²) in [5, 5.41) is 10.4. The molecule has 140 valence electrons. The summed E-state index contributed by atoms with van der Waals surface area (Å²) < 4.78 is 33.8. The number of ether oxygens (including phenoxy) is 1. The number of piperidine rings is 1. The van der Waals surface area contributed by atoms with Gasteiger partial charge in [0.1, 0.15) is 5.75 Å². The van der Waals surface area contributed by atoms with Crippen molar-refractivity contribution in [2.24, 2.45) is 5.41 Å². The Morgan fingerprint density at radius 2 is 1.88 bits per heavy atom. The van der Waals surface area contributed by atoms with E-state index in [0.29, 0.717) is 23.5 Å². The Kier molecular flexibility index (Phi) is 4.90. The van der Waals surface area contributed by atoms with Crippen molar-refractivity contribution in [1.29, 1.82) is 0 Å². The van der Waals surface area contributed by atoms with E-state index in [2.05, 4.69) is 0 Å². The summed E-state index contributed by atoms with van der Waals surface area (Å²) in [6.07, 6.45) is 4.02. The Bertz CT molecular complexity index is 774. The van der Waals surface area contributed by atoms with Gasteiger partial charge in [0, 0.05) is 18.5 Å². The molecular weight excluding hydrogens is 338 g/mol. The summed E-state index contributed by atoms with van der Waals surface area (Å²) in [6, 6.07) is 1.80. The van der Waals surface area contributed by atoms with Gasteiger partial charge >= 0.3 is 0 Å². The van der Waals surface area contributed by atoms with Gasteiger partial charge in [0.15, 0.2) is 0 Å². The number of aliphatic hydroxyl groups excluding tert-OH is 1. The van der Waals surface area contributed by atoms with Gasteiger partial charge in [0.05, 0.1) is 18.1 Å². The molecule has 25 heavy (non-hydrogen) atoms. The number of aliphatic hydroxyl groups is 1. The lowest BCUT2D eigenvalue weighted by Crippen LogP contribution is -2.49. The minimum atomic E-state index is -3.59. The molecule has 3 rings (SSSR count). The van der Waals surface area contributed by atoms with E-state index < -0.39 is 10.0 Å². The summed E-state index contributed by atoms with van der Waals surface area (Å²) >= 11 is 0. The van der Waals surface area contributed by atoms with Crippen LogP contribution in [0.5, 0.6) is 5.75 Å². The van der Waals surface area contributed by atoms with Crippen LogP contribution >= 0.6 is 0 Å². The number of aryl methyl sites for hydroxylation is 1. The third-order valence-corrected chi connectivity index (χ3v) is 8.36. The Labute approximate surface area is 151 Å². The van der Waals surface area contributed by atoms with Gasteiger partial charge in [-0.15, -0.1) is 0 Å². The van der Waals surface area contributed by atoms with Crippen LogP contribution in [-0.2, 0) is 10.0 Å². The first-order chi connectivity index (χ1) is 11.7. The average molecular weight is 368 g/mol. The molecule has 0 radical (unpaired) electrons. The standard InChI is InChI=1S/C19H29NO4S/c1-13-11-16(24-4)14(2)15(3)18(13)25(22,23)20-10-6-9-19(12-20)8-5-7-17(19)21/h11,17,21H,5-10,12H2,1-4H3/t17-,19+/m1/s1. The molecule has 0 unspecified atom stereocenters. The number of nitrogens with zero attached hydrogens (tertiary/aromatic N) is 1. The van der Waals surface area contributed by atoms with Gasteiger partial charge in [-0.2, -0.15) is 4.31 Å². The Morgan fingerprint density at radius 3 is 2.48 bits per heavy atom. The van der Waals surface area contributed by atoms with E-state index in [1.165, 1.54) is 0 Å². The molecule has 1 saturated carbocycles. The van der Waals surface area contributed by atoms with Crippen molar-refractivity contribution in [3.05, 3.63) is 22.8 Å². The zero-order valence-corrected chi connectivity index (χ0v) is 16.4. The normalized spacial score (nSPS) is 27.8. The van der Waals surface area contributed by atoms with E-state index in [9.17, 15) is 13.5 Å². The molecular formula is C19H29NO4S. The zero-order chi connectivity index (χ0) is 18.4. The molecule has 2 fully saturated rings. The van der Waals surface area contributed by atoms with Crippen molar-refractivity contribution in [1.82, 2.24) is 4.31 Å². The van der Waals surface area contributed by atoms with E-state index in [4.69, 9.17) is 4.74 Å². The Balaban J connectivity index is 2.01. The fourth-order valence-corrected chi connectivity index (χ4v) is 6.74. The first-order valence-corrected chi connectivity index (χ1v) is 10.5. The fraction of sp³-hybridized carbons (Fsp3) is 0.684. The molecule has 1 aliphatic heterocycles. The molecule has 0 aromatic heterocycles. The molecule has 1 aliphatic carbocycles. The van der Waals surface area contributed by atoms with Crippen LogP contribution in [0.3, 0.4) is 0 Å². The highest BCUT2D eigenvalue weighted by Gasteiger charge is 2.47. The Morgan fingerprint density at radius 1 is 1.20 bits per heavy atom. The van der Waals surface area contributed by atoms with Gasteiger partial charge in [0.25, 0.3) is 0 Å². The minimum absolute atomic E-state index is 0.255. The largest absolute Gasteiger partial charge is 0.496 e. The van der Waals surface area contributed by atoms with Crippen LogP contribution < -0.4 is 4.74 Å². The molecule has 1 saturated heterocycles. The van der Waals surface area contributed by atoms with Crippen molar-refractivity contribution >= 4 is 10.0 Å². The molecule has 2 aliphatic rings. The number of methoxy groups -OCH3 is 1. The van der Waals surface area contributed by atoms with E-state index in [0.717, 1.165) is 49.0 Å². The maximum Gasteiger partial charge on any atom is 0.243 e. The molecule has 2 atom stereocenters. The molecule has 0 bridgehead atoms. The highest BCUT2D eigenvalue weighted by Crippen LogP contribution is 2.46. The van der Waals surface area contributed by atoms with Crippen LogP contribution in [0.2, 0.25) is 0 Å². The highest BCUT2D eigenvalue weighted by molar-refractivity contribution is 7.89. The maximum absolute atomic E-state index is 13.4. The van der Waals surface area contributed by atoms with Crippen molar-refractivity contribution in [3.63, 3.8) is 0 Å². The number of hydrogen-bond acceptors (Lipinski definition) is 4. The quantitative estimate of drug-likeness (QED) is 0.892. The SMILES string of the molecule is COc1cc(C)c(S(=O)(=O)N2CCC[C@@]3(CCC[C@H]3O)C2)c(C)c1C. The van der Waals surface area contributed by atoms with Gasteiger partial charge in [-0.3, -0.25) is 0 Å². The third kappa shape index (κ3) is 2.98. The highest BCUT2D eigenvalue weighted by atomic mass is 32.2. The van der Waals surface area contributed by atoms with Crippen LogP contribution in [0.4, 0.5) is 0 Å². The second kappa shape index (κ2) is 6.56. The van der Waals surface area contributed by atoms with Crippen molar-refractivity contribution in [3.8, 4) is 5.75 Å². The van der Waals surface area contributed by atoms with Crippen LogP contribution in [0, 0.1) is 26.2 Å². The van der Waals surface area contributed by atoms with Crippen LogP contribution in [-0.4, -0.2) is 44.1 Å².